The van der Waals surface area contributed by atoms with E-state index in [1.54, 1.807) is 6.20 Å². The number of rotatable bonds is 5. The standard InChI is InChI=1S/C27H28N3O/c1-2-19-17-30(18-22-8-4-3-7-21(22)16-28)14-12-20(19)15-26(30)27(31)24-11-13-29-25-10-6-5-9-23(24)25/h2-11,13,19-20,26-27,31H,1,12,14-15,17-18H2/q+1/t19-,20+,26+,27-,30+/m1/s1. The molecule has 3 saturated heterocycles. The van der Waals surface area contributed by atoms with Gasteiger partial charge < -0.3 is 9.59 Å². The normalized spacial score (nSPS) is 28.2. The van der Waals surface area contributed by atoms with Gasteiger partial charge in [-0.25, -0.2) is 0 Å². The minimum atomic E-state index is -0.573. The highest BCUT2D eigenvalue weighted by molar-refractivity contribution is 5.82. The van der Waals surface area contributed by atoms with E-state index in [9.17, 15) is 10.4 Å². The second-order valence-corrected chi connectivity index (χ2v) is 9.17. The summed E-state index contributed by atoms with van der Waals surface area (Å²) < 4.78 is 0.809. The van der Waals surface area contributed by atoms with Crippen molar-refractivity contribution in [2.45, 2.75) is 31.5 Å². The molecule has 0 aliphatic carbocycles. The van der Waals surface area contributed by atoms with E-state index in [1.165, 1.54) is 0 Å². The first-order valence-corrected chi connectivity index (χ1v) is 11.1. The van der Waals surface area contributed by atoms with E-state index in [1.807, 2.05) is 42.5 Å². The van der Waals surface area contributed by atoms with Gasteiger partial charge in [0.1, 0.15) is 18.7 Å². The molecule has 1 N–H and O–H groups in total. The van der Waals surface area contributed by atoms with Crippen LogP contribution in [0.5, 0.6) is 0 Å². The molecule has 0 saturated carbocycles. The van der Waals surface area contributed by atoms with Crippen molar-refractivity contribution in [3.63, 3.8) is 0 Å². The molecule has 31 heavy (non-hydrogen) atoms. The number of aromatic nitrogens is 1. The summed E-state index contributed by atoms with van der Waals surface area (Å²) in [6.45, 7) is 6.88. The van der Waals surface area contributed by atoms with E-state index in [0.29, 0.717) is 11.8 Å². The van der Waals surface area contributed by atoms with Crippen molar-refractivity contribution < 1.29 is 9.59 Å². The summed E-state index contributed by atoms with van der Waals surface area (Å²) >= 11 is 0. The SMILES string of the molecule is C=C[C@@H]1C[N@+]2(Cc3ccccc3C#N)CC[C@H]1C[C@H]2[C@H](O)c1ccnc2ccccc12. The van der Waals surface area contributed by atoms with Gasteiger partial charge in [0.05, 0.1) is 30.2 Å². The predicted octanol–water partition coefficient (Wildman–Crippen LogP) is 4.75. The van der Waals surface area contributed by atoms with Crippen LogP contribution in [0, 0.1) is 23.2 Å². The molecule has 0 unspecified atom stereocenters. The predicted molar refractivity (Wildman–Crippen MR) is 122 cm³/mol. The zero-order valence-corrected chi connectivity index (χ0v) is 17.7. The number of aliphatic hydroxyl groups excluding tert-OH is 1. The van der Waals surface area contributed by atoms with Crippen LogP contribution in [0.3, 0.4) is 0 Å². The van der Waals surface area contributed by atoms with E-state index >= 15 is 0 Å². The smallest absolute Gasteiger partial charge is 0.131 e. The summed E-state index contributed by atoms with van der Waals surface area (Å²) in [4.78, 5) is 4.48. The lowest BCUT2D eigenvalue weighted by Crippen LogP contribution is -2.67. The molecule has 0 radical (unpaired) electrons. The first kappa shape index (κ1) is 19.9. The Labute approximate surface area is 183 Å². The maximum Gasteiger partial charge on any atom is 0.131 e. The fourth-order valence-electron chi connectivity index (χ4n) is 6.07. The number of benzene rings is 2. The van der Waals surface area contributed by atoms with Crippen LogP contribution in [-0.2, 0) is 6.54 Å². The summed E-state index contributed by atoms with van der Waals surface area (Å²) in [5, 5.41) is 22.4. The summed E-state index contributed by atoms with van der Waals surface area (Å²) in [5.41, 5.74) is 3.69. The molecule has 6 rings (SSSR count). The molecule has 1 aromatic heterocycles. The lowest BCUT2D eigenvalue weighted by atomic mass is 9.71. The van der Waals surface area contributed by atoms with E-state index in [2.05, 4.69) is 35.8 Å². The maximum absolute atomic E-state index is 11.8. The molecule has 0 spiro atoms. The number of piperidine rings is 3. The molecule has 4 heteroatoms. The number of hydrogen-bond donors (Lipinski definition) is 1. The van der Waals surface area contributed by atoms with Gasteiger partial charge in [-0.3, -0.25) is 4.98 Å². The van der Waals surface area contributed by atoms with Crippen LogP contribution in [-0.4, -0.2) is 33.7 Å². The van der Waals surface area contributed by atoms with Crippen molar-refractivity contribution in [2.75, 3.05) is 13.1 Å². The summed E-state index contributed by atoms with van der Waals surface area (Å²) in [6.07, 6.45) is 5.46. The zero-order chi connectivity index (χ0) is 21.4. The number of para-hydroxylation sites is 1. The molecule has 3 aliphatic rings. The summed E-state index contributed by atoms with van der Waals surface area (Å²) in [7, 11) is 0. The molecule has 156 valence electrons. The number of nitriles is 1. The van der Waals surface area contributed by atoms with Gasteiger partial charge in [0, 0.05) is 35.9 Å². The van der Waals surface area contributed by atoms with Crippen LogP contribution in [0.1, 0.15) is 35.6 Å². The van der Waals surface area contributed by atoms with Crippen molar-refractivity contribution in [3.05, 3.63) is 90.1 Å². The molecule has 4 nitrogen and oxygen atoms in total. The van der Waals surface area contributed by atoms with Crippen LogP contribution in [0.4, 0.5) is 0 Å². The van der Waals surface area contributed by atoms with E-state index < -0.39 is 6.10 Å². The Kier molecular flexibility index (Phi) is 5.09. The minimum absolute atomic E-state index is 0.0903. The third-order valence-corrected chi connectivity index (χ3v) is 7.66. The topological polar surface area (TPSA) is 56.9 Å². The van der Waals surface area contributed by atoms with Crippen LogP contribution in [0.15, 0.2) is 73.4 Å². The molecule has 0 amide bonds. The average Bonchev–Trinajstić information content (AvgIpc) is 2.83. The van der Waals surface area contributed by atoms with Crippen molar-refractivity contribution in [2.24, 2.45) is 11.8 Å². The third kappa shape index (κ3) is 3.35. The molecule has 3 aliphatic heterocycles. The molecule has 2 aromatic carbocycles. The van der Waals surface area contributed by atoms with Crippen molar-refractivity contribution in [1.82, 2.24) is 4.98 Å². The Morgan fingerprint density at radius 2 is 2.00 bits per heavy atom. The van der Waals surface area contributed by atoms with Gasteiger partial charge in [-0.05, 0) is 29.7 Å². The maximum atomic E-state index is 11.8. The Morgan fingerprint density at radius 3 is 2.84 bits per heavy atom. The number of pyridine rings is 1. The molecule has 3 aromatic rings. The Hall–Kier alpha value is -3.00. The van der Waals surface area contributed by atoms with E-state index in [0.717, 1.165) is 64.6 Å². The lowest BCUT2D eigenvalue weighted by molar-refractivity contribution is -0.985. The first-order chi connectivity index (χ1) is 15.1. The fourth-order valence-corrected chi connectivity index (χ4v) is 6.07. The number of fused-ring (bicyclic) bond motifs is 4. The van der Waals surface area contributed by atoms with Crippen molar-refractivity contribution in [1.29, 1.82) is 5.26 Å². The summed E-state index contributed by atoms with van der Waals surface area (Å²) in [5.74, 6) is 1.03. The van der Waals surface area contributed by atoms with Crippen LogP contribution in [0.25, 0.3) is 10.9 Å². The highest BCUT2D eigenvalue weighted by Gasteiger charge is 2.54. The van der Waals surface area contributed by atoms with Crippen LogP contribution >= 0.6 is 0 Å². The number of hydrogen-bond acceptors (Lipinski definition) is 3. The molecule has 2 bridgehead atoms. The number of aliphatic hydroxyl groups is 1. The second kappa shape index (κ2) is 7.92. The van der Waals surface area contributed by atoms with E-state index in [-0.39, 0.29) is 6.04 Å². The Morgan fingerprint density at radius 1 is 1.19 bits per heavy atom. The molecular weight excluding hydrogens is 382 g/mol. The average molecular weight is 411 g/mol. The van der Waals surface area contributed by atoms with Crippen molar-refractivity contribution in [3.8, 4) is 6.07 Å². The van der Waals surface area contributed by atoms with Crippen molar-refractivity contribution >= 4 is 10.9 Å². The van der Waals surface area contributed by atoms with Gasteiger partial charge in [0.2, 0.25) is 0 Å². The highest BCUT2D eigenvalue weighted by Crippen LogP contribution is 2.48. The fraction of sp³-hybridized carbons (Fsp3) is 0.333. The van der Waals surface area contributed by atoms with Gasteiger partial charge in [0.25, 0.3) is 0 Å². The molecule has 3 fully saturated rings. The van der Waals surface area contributed by atoms with Crippen LogP contribution in [0.2, 0.25) is 0 Å². The van der Waals surface area contributed by atoms with Gasteiger partial charge >= 0.3 is 0 Å². The number of quaternary nitrogens is 1. The van der Waals surface area contributed by atoms with Crippen LogP contribution < -0.4 is 0 Å². The quantitative estimate of drug-likeness (QED) is 0.488. The highest BCUT2D eigenvalue weighted by atomic mass is 16.3. The molecule has 4 heterocycles. The van der Waals surface area contributed by atoms with Gasteiger partial charge in [0.15, 0.2) is 0 Å². The third-order valence-electron chi connectivity index (χ3n) is 7.66. The number of nitrogens with zero attached hydrogens (tertiary/aromatic N) is 3. The molecule has 5 atom stereocenters. The Balaban J connectivity index is 1.58. The largest absolute Gasteiger partial charge is 0.382 e. The van der Waals surface area contributed by atoms with E-state index in [4.69, 9.17) is 0 Å². The zero-order valence-electron chi connectivity index (χ0n) is 17.7. The minimum Gasteiger partial charge on any atom is -0.382 e. The van der Waals surface area contributed by atoms with Gasteiger partial charge in [-0.1, -0.05) is 42.5 Å². The Bertz CT molecular complexity index is 1160. The first-order valence-electron chi connectivity index (χ1n) is 11.1. The summed E-state index contributed by atoms with van der Waals surface area (Å²) in [6, 6.07) is 20.4. The second-order valence-electron chi connectivity index (χ2n) is 9.17. The molecular formula is C27H28N3O+. The van der Waals surface area contributed by atoms with Gasteiger partial charge in [-0.2, -0.15) is 5.26 Å². The lowest BCUT2D eigenvalue weighted by Gasteiger charge is -2.58. The van der Waals surface area contributed by atoms with Gasteiger partial charge in [-0.15, -0.1) is 6.58 Å². The monoisotopic (exact) mass is 410 g/mol.